The van der Waals surface area contributed by atoms with Crippen molar-refractivity contribution in [1.82, 2.24) is 5.32 Å². The minimum absolute atomic E-state index is 0. The number of quaternary nitrogens is 1. The van der Waals surface area contributed by atoms with Crippen LogP contribution in [0.1, 0.15) is 0 Å². The van der Waals surface area contributed by atoms with E-state index in [0.717, 1.165) is 17.1 Å². The van der Waals surface area contributed by atoms with Crippen molar-refractivity contribution >= 4 is 11.9 Å². The van der Waals surface area contributed by atoms with Gasteiger partial charge < -0.3 is 32.1 Å². The number of carboxylic acids is 1. The zero-order valence-corrected chi connectivity index (χ0v) is 12.9. The molecule has 0 aromatic heterocycles. The summed E-state index contributed by atoms with van der Waals surface area (Å²) in [5, 5.41) is 12.5. The molecule has 0 saturated carbocycles. The Bertz CT molecular complexity index is 252. The van der Waals surface area contributed by atoms with E-state index >= 15 is 0 Å². The molecule has 5 nitrogen and oxygen atoms in total. The third kappa shape index (κ3) is 16.4. The second kappa shape index (κ2) is 10.1. The quantitative estimate of drug-likeness (QED) is 0.303. The van der Waals surface area contributed by atoms with Crippen LogP contribution in [-0.2, 0) is 9.59 Å². The fourth-order valence-electron chi connectivity index (χ4n) is 0.717. The van der Waals surface area contributed by atoms with E-state index in [9.17, 15) is 14.7 Å². The average Bonchev–Trinajstić information content (AvgIpc) is 1.98. The van der Waals surface area contributed by atoms with Gasteiger partial charge in [-0.25, -0.2) is 0 Å². The Labute approximate surface area is 124 Å². The van der Waals surface area contributed by atoms with E-state index in [0.29, 0.717) is 12.6 Å². The van der Waals surface area contributed by atoms with Gasteiger partial charge in [-0.15, -0.1) is 0 Å². The van der Waals surface area contributed by atoms with Crippen molar-refractivity contribution in [2.75, 3.05) is 34.2 Å². The summed E-state index contributed by atoms with van der Waals surface area (Å²) < 4.78 is 0.741. The Morgan fingerprint density at radius 3 is 2.12 bits per heavy atom. The molecule has 0 aromatic carbocycles. The number of hydrogen-bond acceptors (Lipinski definition) is 3. The van der Waals surface area contributed by atoms with E-state index in [1.807, 2.05) is 21.1 Å². The first-order chi connectivity index (χ1) is 6.31. The van der Waals surface area contributed by atoms with Crippen molar-refractivity contribution in [3.8, 4) is 0 Å². The fraction of sp³-hybridized carbons (Fsp3) is 0.556. The van der Waals surface area contributed by atoms with E-state index in [-0.39, 0.29) is 42.0 Å². The van der Waals surface area contributed by atoms with Crippen molar-refractivity contribution in [3.63, 3.8) is 0 Å². The van der Waals surface area contributed by atoms with Crippen LogP contribution in [0, 0.1) is 0 Å². The van der Waals surface area contributed by atoms with Gasteiger partial charge in [0.05, 0.1) is 40.2 Å². The molecule has 0 radical (unpaired) electrons. The summed E-state index contributed by atoms with van der Waals surface area (Å²) in [7, 11) is 6.01. The first kappa shape index (κ1) is 21.2. The van der Waals surface area contributed by atoms with E-state index in [2.05, 4.69) is 5.32 Å². The van der Waals surface area contributed by atoms with Crippen LogP contribution in [0.4, 0.5) is 0 Å². The SMILES string of the molecule is C[N+](C)(C)CCNC(=O)C=CC(=O)[O-].[Cl-].[Na+]. The van der Waals surface area contributed by atoms with Gasteiger partial charge in [-0.3, -0.25) is 4.79 Å². The van der Waals surface area contributed by atoms with Crippen molar-refractivity contribution in [2.45, 2.75) is 0 Å². The maximum atomic E-state index is 10.9. The van der Waals surface area contributed by atoms with Crippen LogP contribution in [0.2, 0.25) is 0 Å². The predicted molar refractivity (Wildman–Crippen MR) is 50.1 cm³/mol. The van der Waals surface area contributed by atoms with Crippen LogP contribution in [0.25, 0.3) is 0 Å². The van der Waals surface area contributed by atoms with Gasteiger partial charge in [0.2, 0.25) is 5.91 Å². The number of aliphatic carboxylic acids is 1. The Morgan fingerprint density at radius 1 is 1.25 bits per heavy atom. The van der Waals surface area contributed by atoms with Crippen LogP contribution in [0.15, 0.2) is 12.2 Å². The molecule has 1 amide bonds. The minimum Gasteiger partial charge on any atom is -1.00 e. The number of amides is 1. The number of hydrogen-bond donors (Lipinski definition) is 1. The normalized spacial score (nSPS) is 10.2. The second-order valence-corrected chi connectivity index (χ2v) is 3.96. The first-order valence-corrected chi connectivity index (χ1v) is 4.28. The zero-order valence-electron chi connectivity index (χ0n) is 10.1. The maximum Gasteiger partial charge on any atom is 1.00 e. The minimum atomic E-state index is -1.37. The van der Waals surface area contributed by atoms with Gasteiger partial charge in [-0.05, 0) is 6.08 Å². The number of nitrogens with zero attached hydrogens (tertiary/aromatic N) is 1. The summed E-state index contributed by atoms with van der Waals surface area (Å²) in [6.07, 6.45) is 1.66. The van der Waals surface area contributed by atoms with Crippen LogP contribution in [-0.4, -0.2) is 50.6 Å². The zero-order chi connectivity index (χ0) is 11.2. The van der Waals surface area contributed by atoms with Crippen molar-refractivity contribution < 1.29 is 61.1 Å². The molecule has 0 saturated heterocycles. The smallest absolute Gasteiger partial charge is 1.00 e. The number of nitrogens with one attached hydrogen (secondary N) is 1. The molecule has 0 aliphatic rings. The topological polar surface area (TPSA) is 69.2 Å². The summed E-state index contributed by atoms with van der Waals surface area (Å²) in [6, 6.07) is 0. The summed E-state index contributed by atoms with van der Waals surface area (Å²) in [5.74, 6) is -1.78. The Kier molecular flexibility index (Phi) is 13.4. The summed E-state index contributed by atoms with van der Waals surface area (Å²) in [5.41, 5.74) is 0. The summed E-state index contributed by atoms with van der Waals surface area (Å²) >= 11 is 0. The summed E-state index contributed by atoms with van der Waals surface area (Å²) in [4.78, 5) is 20.9. The first-order valence-electron chi connectivity index (χ1n) is 4.28. The standard InChI is InChI=1S/C9H16N2O3.ClH.Na/c1-11(2,3)7-6-10-8(12)4-5-9(13)14;;/h4-5H,6-7H2,1-3H3,(H-,10,12,13,14);1H;/q;;+1/p-1. The summed E-state index contributed by atoms with van der Waals surface area (Å²) in [6.45, 7) is 1.30. The van der Waals surface area contributed by atoms with Gasteiger partial charge in [0.25, 0.3) is 0 Å². The van der Waals surface area contributed by atoms with Crippen LogP contribution < -0.4 is 52.4 Å². The molecule has 0 fully saturated rings. The Balaban J connectivity index is -0.000000845. The molecular weight excluding hydrogens is 243 g/mol. The third-order valence-corrected chi connectivity index (χ3v) is 1.45. The maximum absolute atomic E-state index is 10.9. The molecule has 0 unspecified atom stereocenters. The van der Waals surface area contributed by atoms with Gasteiger partial charge in [-0.2, -0.15) is 0 Å². The average molecular weight is 259 g/mol. The Morgan fingerprint density at radius 2 is 1.75 bits per heavy atom. The molecule has 0 aliphatic carbocycles. The van der Waals surface area contributed by atoms with Crippen LogP contribution in [0.5, 0.6) is 0 Å². The number of likely N-dealkylation sites (N-methyl/N-ethyl adjacent to an activating group) is 1. The van der Waals surface area contributed by atoms with Gasteiger partial charge in [0.1, 0.15) is 0 Å². The van der Waals surface area contributed by atoms with Crippen molar-refractivity contribution in [3.05, 3.63) is 12.2 Å². The number of carbonyl (C=O) groups is 2. The molecular formula is C9H16ClN2NaO3. The van der Waals surface area contributed by atoms with E-state index in [1.165, 1.54) is 0 Å². The van der Waals surface area contributed by atoms with Crippen LogP contribution >= 0.6 is 0 Å². The van der Waals surface area contributed by atoms with Gasteiger partial charge in [0.15, 0.2) is 0 Å². The molecule has 0 atom stereocenters. The Hall–Kier alpha value is -0.0700. The molecule has 0 spiro atoms. The van der Waals surface area contributed by atoms with Crippen molar-refractivity contribution in [1.29, 1.82) is 0 Å². The van der Waals surface area contributed by atoms with Crippen LogP contribution in [0.3, 0.4) is 0 Å². The van der Waals surface area contributed by atoms with E-state index in [4.69, 9.17) is 0 Å². The van der Waals surface area contributed by atoms with Gasteiger partial charge in [0, 0.05) is 6.08 Å². The largest absolute Gasteiger partial charge is 1.00 e. The fourth-order valence-corrected chi connectivity index (χ4v) is 0.717. The number of halogens is 1. The molecule has 88 valence electrons. The predicted octanol–water partition coefficient (Wildman–Crippen LogP) is -7.88. The second-order valence-electron chi connectivity index (χ2n) is 3.96. The molecule has 1 N–H and O–H groups in total. The van der Waals surface area contributed by atoms with E-state index in [1.54, 1.807) is 0 Å². The molecule has 7 heteroatoms. The van der Waals surface area contributed by atoms with Gasteiger partial charge in [-0.1, -0.05) is 0 Å². The molecule has 0 rings (SSSR count). The molecule has 0 aliphatic heterocycles. The van der Waals surface area contributed by atoms with E-state index < -0.39 is 11.9 Å². The van der Waals surface area contributed by atoms with Gasteiger partial charge >= 0.3 is 29.6 Å². The number of carbonyl (C=O) groups excluding carboxylic acids is 2. The number of carboxylic acid groups (broad SMARTS) is 1. The monoisotopic (exact) mass is 258 g/mol. The molecule has 0 aromatic rings. The molecule has 0 heterocycles. The van der Waals surface area contributed by atoms with Crippen molar-refractivity contribution in [2.24, 2.45) is 0 Å². The molecule has 0 bridgehead atoms. The molecule has 16 heavy (non-hydrogen) atoms. The number of rotatable bonds is 5. The third-order valence-electron chi connectivity index (χ3n) is 1.45.